The van der Waals surface area contributed by atoms with Crippen LogP contribution in [0, 0.1) is 18.7 Å². The van der Waals surface area contributed by atoms with Gasteiger partial charge in [-0.25, -0.2) is 19.0 Å². The molecular weight excluding hydrogens is 439 g/mol. The van der Waals surface area contributed by atoms with Crippen molar-refractivity contribution in [2.45, 2.75) is 38.8 Å². The highest BCUT2D eigenvalue weighted by molar-refractivity contribution is 6.07. The molecule has 2 aliphatic heterocycles. The molecule has 34 heavy (non-hydrogen) atoms. The van der Waals surface area contributed by atoms with Gasteiger partial charge in [-0.1, -0.05) is 0 Å². The van der Waals surface area contributed by atoms with Crippen molar-refractivity contribution in [1.82, 2.24) is 24.3 Å². The minimum absolute atomic E-state index is 0.175. The Kier molecular flexibility index (Phi) is 4.98. The summed E-state index contributed by atoms with van der Waals surface area (Å²) in [5, 5.41) is 14.7. The third-order valence-corrected chi connectivity index (χ3v) is 6.90. The lowest BCUT2D eigenvalue weighted by atomic mass is 10.1. The number of rotatable bonds is 4. The number of aliphatic carboxylic acids is 1. The monoisotopic (exact) mass is 464 g/mol. The fraction of sp³-hybridized carbons (Fsp3) is 0.417. The van der Waals surface area contributed by atoms with Crippen LogP contribution in [0.4, 0.5) is 10.3 Å². The number of aromatic nitrogens is 5. The second-order valence-corrected chi connectivity index (χ2v) is 9.05. The Bertz CT molecular complexity index is 1410. The lowest BCUT2D eigenvalue weighted by Gasteiger charge is -2.23. The number of benzene rings is 1. The minimum Gasteiger partial charge on any atom is -0.481 e. The molecule has 2 fully saturated rings. The van der Waals surface area contributed by atoms with Crippen molar-refractivity contribution < 1.29 is 19.0 Å². The molecule has 0 amide bonds. The molecule has 1 aromatic carbocycles. The normalized spacial score (nSPS) is 21.1. The summed E-state index contributed by atoms with van der Waals surface area (Å²) in [5.41, 5.74) is 4.02. The third kappa shape index (κ3) is 3.32. The Morgan fingerprint density at radius 2 is 2.09 bits per heavy atom. The average molecular weight is 465 g/mol. The quantitative estimate of drug-likeness (QED) is 0.490. The van der Waals surface area contributed by atoms with Gasteiger partial charge in [0.25, 0.3) is 0 Å². The zero-order valence-electron chi connectivity index (χ0n) is 18.8. The molecule has 2 atom stereocenters. The van der Waals surface area contributed by atoms with Crippen LogP contribution in [0.3, 0.4) is 0 Å². The highest BCUT2D eigenvalue weighted by Gasteiger charge is 2.30. The lowest BCUT2D eigenvalue weighted by molar-refractivity contribution is -0.140. The van der Waals surface area contributed by atoms with Gasteiger partial charge in [0.2, 0.25) is 5.95 Å². The van der Waals surface area contributed by atoms with Crippen molar-refractivity contribution in [1.29, 1.82) is 0 Å². The van der Waals surface area contributed by atoms with Gasteiger partial charge in [0, 0.05) is 25.1 Å². The average Bonchev–Trinajstić information content (AvgIpc) is 3.55. The number of hydrogen-bond donors (Lipinski definition) is 1. The first-order valence-electron chi connectivity index (χ1n) is 11.6. The fourth-order valence-electron chi connectivity index (χ4n) is 5.16. The number of aryl methyl sites for hydroxylation is 1. The van der Waals surface area contributed by atoms with Crippen LogP contribution in [-0.2, 0) is 9.53 Å². The van der Waals surface area contributed by atoms with Crippen LogP contribution in [0.5, 0.6) is 0 Å². The van der Waals surface area contributed by atoms with E-state index in [1.807, 2.05) is 21.1 Å². The topological polar surface area (TPSA) is 98.3 Å². The van der Waals surface area contributed by atoms with E-state index in [2.05, 4.69) is 10.1 Å². The van der Waals surface area contributed by atoms with Gasteiger partial charge in [-0.05, 0) is 50.8 Å². The molecule has 0 spiro atoms. The lowest BCUT2D eigenvalue weighted by Crippen LogP contribution is -2.24. The van der Waals surface area contributed by atoms with E-state index in [0.717, 1.165) is 52.6 Å². The molecule has 1 N–H and O–H groups in total. The van der Waals surface area contributed by atoms with Crippen LogP contribution < -0.4 is 4.90 Å². The summed E-state index contributed by atoms with van der Waals surface area (Å²) in [6.07, 6.45) is 6.90. The smallest absolute Gasteiger partial charge is 0.308 e. The number of ether oxygens (including phenoxy) is 1. The summed E-state index contributed by atoms with van der Waals surface area (Å²) < 4.78 is 24.2. The van der Waals surface area contributed by atoms with Crippen molar-refractivity contribution >= 4 is 33.9 Å². The molecule has 0 radical (unpaired) electrons. The first-order chi connectivity index (χ1) is 16.5. The summed E-state index contributed by atoms with van der Waals surface area (Å²) in [6, 6.07) is 4.76. The van der Waals surface area contributed by atoms with Gasteiger partial charge in [0.1, 0.15) is 5.82 Å². The van der Waals surface area contributed by atoms with E-state index in [0.29, 0.717) is 32.1 Å². The van der Waals surface area contributed by atoms with Crippen molar-refractivity contribution in [3.63, 3.8) is 0 Å². The van der Waals surface area contributed by atoms with Crippen LogP contribution in [0.1, 0.15) is 37.6 Å². The van der Waals surface area contributed by atoms with Crippen molar-refractivity contribution in [3.8, 4) is 5.69 Å². The molecular formula is C24H25FN6O3. The molecule has 2 aliphatic rings. The maximum atomic E-state index is 14.3. The largest absolute Gasteiger partial charge is 0.481 e. The summed E-state index contributed by atoms with van der Waals surface area (Å²) in [5.74, 6) is -0.980. The van der Waals surface area contributed by atoms with Gasteiger partial charge < -0.3 is 19.3 Å². The van der Waals surface area contributed by atoms with E-state index in [9.17, 15) is 14.3 Å². The van der Waals surface area contributed by atoms with E-state index in [4.69, 9.17) is 9.72 Å². The number of anilines is 1. The summed E-state index contributed by atoms with van der Waals surface area (Å²) in [6.45, 7) is 3.60. The Labute approximate surface area is 194 Å². The van der Waals surface area contributed by atoms with Crippen molar-refractivity contribution in [2.75, 3.05) is 24.6 Å². The molecule has 0 saturated carbocycles. The summed E-state index contributed by atoms with van der Waals surface area (Å²) >= 11 is 0. The molecule has 0 bridgehead atoms. The molecule has 2 unspecified atom stereocenters. The van der Waals surface area contributed by atoms with Gasteiger partial charge in [-0.3, -0.25) is 4.79 Å². The molecule has 2 saturated heterocycles. The number of halogens is 1. The molecule has 5 heterocycles. The van der Waals surface area contributed by atoms with Crippen LogP contribution in [0.15, 0.2) is 30.6 Å². The molecule has 10 heteroatoms. The molecule has 3 aromatic heterocycles. The minimum atomic E-state index is -0.789. The van der Waals surface area contributed by atoms with Gasteiger partial charge in [0.15, 0.2) is 6.23 Å². The molecule has 6 rings (SSSR count). The first-order valence-corrected chi connectivity index (χ1v) is 11.6. The number of hydrogen-bond acceptors (Lipinski definition) is 6. The van der Waals surface area contributed by atoms with Gasteiger partial charge in [-0.15, -0.1) is 0 Å². The Morgan fingerprint density at radius 1 is 1.21 bits per heavy atom. The van der Waals surface area contributed by atoms with Gasteiger partial charge in [-0.2, -0.15) is 5.10 Å². The van der Waals surface area contributed by atoms with E-state index in [-0.39, 0.29) is 12.0 Å². The van der Waals surface area contributed by atoms with Crippen molar-refractivity contribution in [3.05, 3.63) is 42.1 Å². The summed E-state index contributed by atoms with van der Waals surface area (Å²) in [4.78, 5) is 22.5. The fourth-order valence-corrected chi connectivity index (χ4v) is 5.16. The zero-order chi connectivity index (χ0) is 23.4. The maximum absolute atomic E-state index is 14.3. The van der Waals surface area contributed by atoms with E-state index in [1.165, 1.54) is 12.1 Å². The standard InChI is InChI=1S/C24H25FN6O3/c1-14-19(11-26-24(28-14)29-8-7-15(13-29)23(32)33)30-18-6-5-16(25)10-17(18)22-20(30)12-27-31(22)21-4-2-3-9-34-21/h5-6,10-12,15,21H,2-4,7-9,13H2,1H3,(H,32,33). The number of carboxylic acid groups (broad SMARTS) is 1. The van der Waals surface area contributed by atoms with E-state index < -0.39 is 11.9 Å². The Balaban J connectivity index is 1.47. The second kappa shape index (κ2) is 8.05. The summed E-state index contributed by atoms with van der Waals surface area (Å²) in [7, 11) is 0. The number of carbonyl (C=O) groups is 1. The SMILES string of the molecule is Cc1nc(N2CCC(C(=O)O)C2)ncc1-n1c2ccc(F)cc2c2c1cnn2C1CCCCO1. The van der Waals surface area contributed by atoms with E-state index in [1.54, 1.807) is 18.5 Å². The maximum Gasteiger partial charge on any atom is 0.308 e. The van der Waals surface area contributed by atoms with Crippen LogP contribution in [-0.4, -0.2) is 55.1 Å². The Hall–Kier alpha value is -3.53. The molecule has 176 valence electrons. The van der Waals surface area contributed by atoms with Crippen LogP contribution in [0.25, 0.3) is 27.6 Å². The Morgan fingerprint density at radius 3 is 2.82 bits per heavy atom. The van der Waals surface area contributed by atoms with Crippen molar-refractivity contribution in [2.24, 2.45) is 5.92 Å². The number of fused-ring (bicyclic) bond motifs is 3. The zero-order valence-corrected chi connectivity index (χ0v) is 18.8. The predicted octanol–water partition coefficient (Wildman–Crippen LogP) is 3.83. The third-order valence-electron chi connectivity index (χ3n) is 6.90. The highest BCUT2D eigenvalue weighted by Crippen LogP contribution is 2.36. The van der Waals surface area contributed by atoms with Gasteiger partial charge in [0.05, 0.1) is 46.2 Å². The second-order valence-electron chi connectivity index (χ2n) is 9.05. The highest BCUT2D eigenvalue weighted by atomic mass is 19.1. The molecule has 4 aromatic rings. The molecule has 0 aliphatic carbocycles. The molecule has 9 nitrogen and oxygen atoms in total. The predicted molar refractivity (Wildman–Crippen MR) is 124 cm³/mol. The van der Waals surface area contributed by atoms with Crippen LogP contribution in [0.2, 0.25) is 0 Å². The van der Waals surface area contributed by atoms with Gasteiger partial charge >= 0.3 is 5.97 Å². The van der Waals surface area contributed by atoms with E-state index >= 15 is 0 Å². The first kappa shape index (κ1) is 21.0. The van der Waals surface area contributed by atoms with Crippen LogP contribution >= 0.6 is 0 Å². The number of carboxylic acids is 1. The number of nitrogens with zero attached hydrogens (tertiary/aromatic N) is 6.